The van der Waals surface area contributed by atoms with Gasteiger partial charge in [-0.05, 0) is 31.1 Å². The van der Waals surface area contributed by atoms with Gasteiger partial charge in [-0.2, -0.15) is 0 Å². The minimum atomic E-state index is 0.122. The SMILES string of the molecule is CS/C(C)=C/C(C)=O. The van der Waals surface area contributed by atoms with Crippen molar-refractivity contribution in [3.05, 3.63) is 11.0 Å². The lowest BCUT2D eigenvalue weighted by Crippen LogP contribution is -1.80. The van der Waals surface area contributed by atoms with E-state index in [1.54, 1.807) is 24.8 Å². The number of carbonyl (C=O) groups is 1. The van der Waals surface area contributed by atoms with Gasteiger partial charge in [0.1, 0.15) is 0 Å². The Morgan fingerprint density at radius 1 is 1.50 bits per heavy atom. The van der Waals surface area contributed by atoms with Crippen LogP contribution in [-0.4, -0.2) is 12.0 Å². The highest BCUT2D eigenvalue weighted by atomic mass is 32.2. The highest BCUT2D eigenvalue weighted by Gasteiger charge is 1.85. The highest BCUT2D eigenvalue weighted by molar-refractivity contribution is 8.02. The Morgan fingerprint density at radius 2 is 2.00 bits per heavy atom. The van der Waals surface area contributed by atoms with Gasteiger partial charge in [-0.15, -0.1) is 11.8 Å². The molecule has 0 spiro atoms. The molecule has 0 N–H and O–H groups in total. The van der Waals surface area contributed by atoms with E-state index in [1.807, 2.05) is 13.2 Å². The van der Waals surface area contributed by atoms with E-state index in [4.69, 9.17) is 0 Å². The fraction of sp³-hybridized carbons (Fsp3) is 0.500. The van der Waals surface area contributed by atoms with Crippen molar-refractivity contribution in [2.45, 2.75) is 13.8 Å². The summed E-state index contributed by atoms with van der Waals surface area (Å²) in [5.41, 5.74) is 0. The second kappa shape index (κ2) is 3.72. The molecule has 0 aromatic carbocycles. The van der Waals surface area contributed by atoms with Crippen molar-refractivity contribution in [3.63, 3.8) is 0 Å². The molecule has 0 saturated carbocycles. The average Bonchev–Trinajstić information content (AvgIpc) is 1.65. The molecule has 0 heterocycles. The van der Waals surface area contributed by atoms with E-state index in [2.05, 4.69) is 0 Å². The van der Waals surface area contributed by atoms with Crippen molar-refractivity contribution >= 4 is 17.5 Å². The number of hydrogen-bond acceptors (Lipinski definition) is 2. The van der Waals surface area contributed by atoms with E-state index in [1.165, 1.54) is 0 Å². The molecule has 0 rings (SSSR count). The molecule has 8 heavy (non-hydrogen) atoms. The zero-order valence-electron chi connectivity index (χ0n) is 5.39. The zero-order chi connectivity index (χ0) is 6.57. The first-order valence-corrected chi connectivity index (χ1v) is 3.62. The highest BCUT2D eigenvalue weighted by Crippen LogP contribution is 2.08. The number of hydrogen-bond donors (Lipinski definition) is 0. The lowest BCUT2D eigenvalue weighted by atomic mass is 10.4. The molecular formula is C6H10OS. The van der Waals surface area contributed by atoms with Gasteiger partial charge in [-0.1, -0.05) is 0 Å². The third-order valence-corrected chi connectivity index (χ3v) is 1.49. The molecule has 0 atom stereocenters. The van der Waals surface area contributed by atoms with Crippen LogP contribution >= 0.6 is 11.8 Å². The molecule has 0 aliphatic carbocycles. The molecule has 2 heteroatoms. The number of rotatable bonds is 2. The van der Waals surface area contributed by atoms with Crippen LogP contribution in [0, 0.1) is 0 Å². The quantitative estimate of drug-likeness (QED) is 0.530. The molecule has 0 saturated heterocycles. The summed E-state index contributed by atoms with van der Waals surface area (Å²) >= 11 is 1.59. The predicted octanol–water partition coefficient (Wildman–Crippen LogP) is 1.84. The molecule has 0 aromatic heterocycles. The summed E-state index contributed by atoms with van der Waals surface area (Å²) in [6, 6.07) is 0. The Morgan fingerprint density at radius 3 is 2.12 bits per heavy atom. The van der Waals surface area contributed by atoms with Gasteiger partial charge in [0.15, 0.2) is 5.78 Å². The molecule has 1 nitrogen and oxygen atoms in total. The van der Waals surface area contributed by atoms with Gasteiger partial charge < -0.3 is 0 Å². The maximum absolute atomic E-state index is 10.3. The topological polar surface area (TPSA) is 17.1 Å². The van der Waals surface area contributed by atoms with E-state index in [-0.39, 0.29) is 5.78 Å². The first-order valence-electron chi connectivity index (χ1n) is 2.39. The summed E-state index contributed by atoms with van der Waals surface area (Å²) in [6.45, 7) is 3.48. The van der Waals surface area contributed by atoms with Crippen LogP contribution in [0.3, 0.4) is 0 Å². The lowest BCUT2D eigenvalue weighted by molar-refractivity contribution is -0.112. The summed E-state index contributed by atoms with van der Waals surface area (Å²) in [7, 11) is 0. The van der Waals surface area contributed by atoms with Gasteiger partial charge in [-0.25, -0.2) is 0 Å². The van der Waals surface area contributed by atoms with Crippen LogP contribution in [0.5, 0.6) is 0 Å². The Bertz CT molecular complexity index is 116. The fourth-order valence-corrected chi connectivity index (χ4v) is 0.629. The van der Waals surface area contributed by atoms with E-state index >= 15 is 0 Å². The lowest BCUT2D eigenvalue weighted by Gasteiger charge is -1.88. The van der Waals surface area contributed by atoms with E-state index in [0.717, 1.165) is 4.91 Å². The summed E-state index contributed by atoms with van der Waals surface area (Å²) < 4.78 is 0. The van der Waals surface area contributed by atoms with Crippen molar-refractivity contribution < 1.29 is 4.79 Å². The van der Waals surface area contributed by atoms with Crippen molar-refractivity contribution in [2.24, 2.45) is 0 Å². The third kappa shape index (κ3) is 3.93. The molecule has 0 unspecified atom stereocenters. The van der Waals surface area contributed by atoms with Crippen LogP contribution in [0.1, 0.15) is 13.8 Å². The van der Waals surface area contributed by atoms with Crippen molar-refractivity contribution in [3.8, 4) is 0 Å². The molecule has 46 valence electrons. The molecule has 0 aliphatic heterocycles. The van der Waals surface area contributed by atoms with Crippen LogP contribution in [0.15, 0.2) is 11.0 Å². The normalized spacial score (nSPS) is 11.6. The molecule has 0 radical (unpaired) electrons. The minimum Gasteiger partial charge on any atom is -0.295 e. The number of allylic oxidation sites excluding steroid dienone is 2. The molecule has 0 aliphatic rings. The Hall–Kier alpha value is -0.240. The molecule has 0 fully saturated rings. The van der Waals surface area contributed by atoms with Crippen molar-refractivity contribution in [2.75, 3.05) is 6.26 Å². The first-order chi connectivity index (χ1) is 3.66. The first kappa shape index (κ1) is 7.76. The third-order valence-electron chi connectivity index (χ3n) is 0.729. The maximum atomic E-state index is 10.3. The van der Waals surface area contributed by atoms with Gasteiger partial charge >= 0.3 is 0 Å². The Kier molecular flexibility index (Phi) is 3.61. The second-order valence-corrected chi connectivity index (χ2v) is 2.62. The molecule has 0 aromatic rings. The Labute approximate surface area is 54.2 Å². The maximum Gasteiger partial charge on any atom is 0.153 e. The van der Waals surface area contributed by atoms with Gasteiger partial charge in [0, 0.05) is 0 Å². The van der Waals surface area contributed by atoms with Gasteiger partial charge in [-0.3, -0.25) is 4.79 Å². The Balaban J connectivity index is 3.75. The zero-order valence-corrected chi connectivity index (χ0v) is 6.21. The second-order valence-electron chi connectivity index (χ2n) is 1.57. The van der Waals surface area contributed by atoms with Gasteiger partial charge in [0.25, 0.3) is 0 Å². The predicted molar refractivity (Wildman–Crippen MR) is 38.0 cm³/mol. The monoisotopic (exact) mass is 130 g/mol. The van der Waals surface area contributed by atoms with Crippen molar-refractivity contribution in [1.29, 1.82) is 0 Å². The van der Waals surface area contributed by atoms with E-state index in [9.17, 15) is 4.79 Å². The van der Waals surface area contributed by atoms with Crippen LogP contribution < -0.4 is 0 Å². The molecule has 0 bridgehead atoms. The number of carbonyl (C=O) groups excluding carboxylic acids is 1. The smallest absolute Gasteiger partial charge is 0.153 e. The fourth-order valence-electron chi connectivity index (χ4n) is 0.345. The number of ketones is 1. The molecular weight excluding hydrogens is 120 g/mol. The van der Waals surface area contributed by atoms with Crippen molar-refractivity contribution in [1.82, 2.24) is 0 Å². The summed E-state index contributed by atoms with van der Waals surface area (Å²) in [5, 5.41) is 0. The largest absolute Gasteiger partial charge is 0.295 e. The van der Waals surface area contributed by atoms with Crippen LogP contribution in [-0.2, 0) is 4.79 Å². The molecule has 0 amide bonds. The van der Waals surface area contributed by atoms with Crippen LogP contribution in [0.25, 0.3) is 0 Å². The summed E-state index contributed by atoms with van der Waals surface area (Å²) in [6.07, 6.45) is 3.58. The summed E-state index contributed by atoms with van der Waals surface area (Å²) in [4.78, 5) is 11.4. The van der Waals surface area contributed by atoms with Gasteiger partial charge in [0.05, 0.1) is 0 Å². The standard InChI is InChI=1S/C6H10OS/c1-5(7)4-6(2)8-3/h4H,1-3H3/b6-4+. The summed E-state index contributed by atoms with van der Waals surface area (Å²) in [5.74, 6) is 0.122. The van der Waals surface area contributed by atoms with E-state index in [0.29, 0.717) is 0 Å². The minimum absolute atomic E-state index is 0.122. The van der Waals surface area contributed by atoms with Crippen LogP contribution in [0.4, 0.5) is 0 Å². The number of thioether (sulfide) groups is 1. The van der Waals surface area contributed by atoms with Crippen LogP contribution in [0.2, 0.25) is 0 Å². The van der Waals surface area contributed by atoms with Gasteiger partial charge in [0.2, 0.25) is 0 Å². The average molecular weight is 130 g/mol. The van der Waals surface area contributed by atoms with E-state index < -0.39 is 0 Å².